The molecule has 0 aliphatic carbocycles. The number of nitrogen functional groups attached to an aromatic ring is 1. The Balaban J connectivity index is 1.64. The number of rotatable bonds is 5. The summed E-state index contributed by atoms with van der Waals surface area (Å²) in [6.45, 7) is 0.230. The van der Waals surface area contributed by atoms with Gasteiger partial charge in [0.25, 0.3) is 5.56 Å². The van der Waals surface area contributed by atoms with E-state index in [0.29, 0.717) is 22.6 Å². The van der Waals surface area contributed by atoms with Crippen LogP contribution in [0.5, 0.6) is 11.5 Å². The molecule has 1 amide bonds. The van der Waals surface area contributed by atoms with Crippen LogP contribution in [0.4, 0.5) is 16.2 Å². The Morgan fingerprint density at radius 2 is 1.93 bits per heavy atom. The van der Waals surface area contributed by atoms with Gasteiger partial charge in [-0.15, -0.1) is 0 Å². The Labute approximate surface area is 170 Å². The maximum atomic E-state index is 13.0. The average Bonchev–Trinajstić information content (AvgIpc) is 2.72. The molecule has 1 atom stereocenters. The third kappa shape index (κ3) is 3.82. The van der Waals surface area contributed by atoms with Crippen molar-refractivity contribution >= 4 is 17.7 Å². The molecule has 1 unspecified atom stereocenters. The van der Waals surface area contributed by atoms with Gasteiger partial charge < -0.3 is 20.5 Å². The summed E-state index contributed by atoms with van der Waals surface area (Å²) in [6.07, 6.45) is 0.0839. The maximum Gasteiger partial charge on any atom is 0.258 e. The molecule has 154 valence electrons. The zero-order valence-electron chi connectivity index (χ0n) is 16.1. The maximum absolute atomic E-state index is 13.0. The number of methoxy groups -OCH3 is 1. The van der Waals surface area contributed by atoms with Crippen LogP contribution in [-0.4, -0.2) is 23.0 Å². The number of hydrogen-bond donors (Lipinski definition) is 3. The van der Waals surface area contributed by atoms with Crippen LogP contribution >= 0.6 is 0 Å². The van der Waals surface area contributed by atoms with Crippen LogP contribution in [0.15, 0.2) is 47.3 Å². The topological polar surface area (TPSA) is 119 Å². The van der Waals surface area contributed by atoms with E-state index in [9.17, 15) is 14.0 Å². The van der Waals surface area contributed by atoms with E-state index in [1.165, 1.54) is 19.2 Å². The summed E-state index contributed by atoms with van der Waals surface area (Å²) in [7, 11) is 1.50. The standard InChI is InChI=1S/C21H19FN4O4/c1-29-16-8-12(4-7-15(16)30-10-11-2-5-13(22)6-3-11)14-9-17(27)24-19-18(14)20(28)26-21(23)25-19/h2-8,14H,9-10H2,1H3,(H4,23,24,25,26,27,28). The minimum absolute atomic E-state index is 0.0678. The highest BCUT2D eigenvalue weighted by atomic mass is 19.1. The van der Waals surface area contributed by atoms with Gasteiger partial charge in [-0.2, -0.15) is 4.98 Å². The number of amides is 1. The number of hydrogen-bond acceptors (Lipinski definition) is 6. The number of ether oxygens (including phenoxy) is 2. The molecule has 0 spiro atoms. The first-order chi connectivity index (χ1) is 14.4. The smallest absolute Gasteiger partial charge is 0.258 e. The summed E-state index contributed by atoms with van der Waals surface area (Å²) in [5, 5.41) is 2.59. The molecule has 2 heterocycles. The van der Waals surface area contributed by atoms with Gasteiger partial charge >= 0.3 is 0 Å². The van der Waals surface area contributed by atoms with Crippen LogP contribution in [0.3, 0.4) is 0 Å². The summed E-state index contributed by atoms with van der Waals surface area (Å²) >= 11 is 0. The molecule has 0 radical (unpaired) electrons. The summed E-state index contributed by atoms with van der Waals surface area (Å²) in [5.41, 5.74) is 7.03. The van der Waals surface area contributed by atoms with Crippen LogP contribution in [0, 0.1) is 5.82 Å². The highest BCUT2D eigenvalue weighted by Crippen LogP contribution is 2.38. The van der Waals surface area contributed by atoms with Gasteiger partial charge in [-0.05, 0) is 35.4 Å². The first-order valence-corrected chi connectivity index (χ1v) is 9.19. The molecule has 3 aromatic rings. The average molecular weight is 410 g/mol. The van der Waals surface area contributed by atoms with E-state index in [2.05, 4.69) is 15.3 Å². The summed E-state index contributed by atoms with van der Waals surface area (Å²) < 4.78 is 24.3. The molecular formula is C21H19FN4O4. The molecule has 4 N–H and O–H groups in total. The van der Waals surface area contributed by atoms with Gasteiger partial charge in [-0.3, -0.25) is 14.6 Å². The molecule has 0 saturated carbocycles. The third-order valence-electron chi connectivity index (χ3n) is 4.87. The largest absolute Gasteiger partial charge is 0.493 e. The van der Waals surface area contributed by atoms with Crippen molar-refractivity contribution in [1.82, 2.24) is 9.97 Å². The van der Waals surface area contributed by atoms with Gasteiger partial charge in [0.15, 0.2) is 11.5 Å². The number of nitrogens with zero attached hydrogens (tertiary/aromatic N) is 1. The second-order valence-corrected chi connectivity index (χ2v) is 6.84. The Morgan fingerprint density at radius 1 is 1.17 bits per heavy atom. The molecule has 0 fully saturated rings. The van der Waals surface area contributed by atoms with Crippen molar-refractivity contribution in [2.75, 3.05) is 18.2 Å². The van der Waals surface area contributed by atoms with Gasteiger partial charge in [0.05, 0.1) is 12.7 Å². The molecule has 9 heteroatoms. The second-order valence-electron chi connectivity index (χ2n) is 6.84. The molecule has 1 aromatic heterocycles. The van der Waals surface area contributed by atoms with E-state index in [1.54, 1.807) is 30.3 Å². The monoisotopic (exact) mass is 410 g/mol. The van der Waals surface area contributed by atoms with Crippen molar-refractivity contribution < 1.29 is 18.7 Å². The minimum atomic E-state index is -0.509. The Hall–Kier alpha value is -3.88. The number of halogens is 1. The molecule has 1 aliphatic heterocycles. The second kappa shape index (κ2) is 7.86. The van der Waals surface area contributed by atoms with Crippen LogP contribution in [0.25, 0.3) is 0 Å². The van der Waals surface area contributed by atoms with E-state index in [4.69, 9.17) is 15.2 Å². The number of anilines is 2. The number of aromatic amines is 1. The number of aromatic nitrogens is 2. The summed E-state index contributed by atoms with van der Waals surface area (Å²) in [6, 6.07) is 11.2. The minimum Gasteiger partial charge on any atom is -0.493 e. The zero-order chi connectivity index (χ0) is 21.3. The molecule has 0 saturated heterocycles. The summed E-state index contributed by atoms with van der Waals surface area (Å²) in [4.78, 5) is 31.1. The van der Waals surface area contributed by atoms with Gasteiger partial charge in [-0.25, -0.2) is 4.39 Å². The molecule has 1 aliphatic rings. The zero-order valence-corrected chi connectivity index (χ0v) is 16.1. The van der Waals surface area contributed by atoms with Crippen LogP contribution < -0.4 is 26.1 Å². The molecule has 2 aromatic carbocycles. The normalized spacial score (nSPS) is 15.3. The first kappa shape index (κ1) is 19.4. The lowest BCUT2D eigenvalue weighted by molar-refractivity contribution is -0.116. The van der Waals surface area contributed by atoms with Crippen LogP contribution in [0.2, 0.25) is 0 Å². The number of nitrogens with one attached hydrogen (secondary N) is 2. The van der Waals surface area contributed by atoms with E-state index in [-0.39, 0.29) is 36.5 Å². The highest BCUT2D eigenvalue weighted by molar-refractivity contribution is 5.94. The molecule has 4 rings (SSSR count). The number of fused-ring (bicyclic) bond motifs is 1. The van der Waals surface area contributed by atoms with Crippen molar-refractivity contribution in [2.45, 2.75) is 18.9 Å². The van der Waals surface area contributed by atoms with E-state index < -0.39 is 11.5 Å². The van der Waals surface area contributed by atoms with Crippen molar-refractivity contribution in [3.05, 3.63) is 75.3 Å². The number of H-pyrrole nitrogens is 1. The van der Waals surface area contributed by atoms with Crippen molar-refractivity contribution in [1.29, 1.82) is 0 Å². The van der Waals surface area contributed by atoms with Crippen LogP contribution in [-0.2, 0) is 11.4 Å². The SMILES string of the molecule is COc1cc(C2CC(=O)Nc3nc(N)[nH]c(=O)c32)ccc1OCc1ccc(F)cc1. The fourth-order valence-corrected chi connectivity index (χ4v) is 3.44. The predicted octanol–water partition coefficient (Wildman–Crippen LogP) is 2.55. The van der Waals surface area contributed by atoms with Gasteiger partial charge in [0, 0.05) is 12.3 Å². The number of carbonyl (C=O) groups excluding carboxylic acids is 1. The fraction of sp³-hybridized carbons (Fsp3) is 0.190. The third-order valence-corrected chi connectivity index (χ3v) is 4.87. The van der Waals surface area contributed by atoms with Gasteiger partial charge in [0.2, 0.25) is 11.9 Å². The lowest BCUT2D eigenvalue weighted by Crippen LogP contribution is -2.31. The van der Waals surface area contributed by atoms with Gasteiger partial charge in [0.1, 0.15) is 18.2 Å². The number of benzene rings is 2. The van der Waals surface area contributed by atoms with Gasteiger partial charge in [-0.1, -0.05) is 18.2 Å². The van der Waals surface area contributed by atoms with E-state index >= 15 is 0 Å². The Morgan fingerprint density at radius 3 is 2.67 bits per heavy atom. The molecule has 0 bridgehead atoms. The highest BCUT2D eigenvalue weighted by Gasteiger charge is 2.31. The number of nitrogens with two attached hydrogens (primary N) is 1. The molecular weight excluding hydrogens is 391 g/mol. The summed E-state index contributed by atoms with van der Waals surface area (Å²) in [5.74, 6) is -0.0673. The Bertz CT molecular complexity index is 1160. The lowest BCUT2D eigenvalue weighted by atomic mass is 9.86. The lowest BCUT2D eigenvalue weighted by Gasteiger charge is -2.25. The Kier molecular flexibility index (Phi) is 5.09. The quantitative estimate of drug-likeness (QED) is 0.595. The van der Waals surface area contributed by atoms with E-state index in [1.807, 2.05) is 0 Å². The van der Waals surface area contributed by atoms with Crippen molar-refractivity contribution in [2.24, 2.45) is 0 Å². The fourth-order valence-electron chi connectivity index (χ4n) is 3.44. The van der Waals surface area contributed by atoms with Crippen molar-refractivity contribution in [3.63, 3.8) is 0 Å². The molecule has 8 nitrogen and oxygen atoms in total. The predicted molar refractivity (Wildman–Crippen MR) is 108 cm³/mol. The van der Waals surface area contributed by atoms with Crippen molar-refractivity contribution in [3.8, 4) is 11.5 Å². The van der Waals surface area contributed by atoms with Crippen LogP contribution in [0.1, 0.15) is 29.0 Å². The number of carbonyl (C=O) groups is 1. The van der Waals surface area contributed by atoms with E-state index in [0.717, 1.165) is 5.56 Å². The first-order valence-electron chi connectivity index (χ1n) is 9.19. The molecule has 30 heavy (non-hydrogen) atoms.